The molecule has 12 heteroatoms. The van der Waals surface area contributed by atoms with E-state index in [4.69, 9.17) is 16.6 Å². The van der Waals surface area contributed by atoms with Gasteiger partial charge in [0.2, 0.25) is 5.95 Å². The maximum atomic E-state index is 12.6. The van der Waals surface area contributed by atoms with E-state index in [0.717, 1.165) is 0 Å². The number of carbonyl (C=O) groups is 1. The third kappa shape index (κ3) is 5.62. The van der Waals surface area contributed by atoms with Crippen molar-refractivity contribution in [2.24, 2.45) is 0 Å². The molecule has 0 saturated heterocycles. The van der Waals surface area contributed by atoms with Gasteiger partial charge in [0, 0.05) is 17.1 Å². The number of nitrogens with one attached hydrogen (secondary N) is 3. The van der Waals surface area contributed by atoms with Crippen molar-refractivity contribution in [2.45, 2.75) is 18.7 Å². The van der Waals surface area contributed by atoms with Crippen LogP contribution in [-0.4, -0.2) is 29.4 Å². The number of thiocarbonyl (C=S) groups is 1. The van der Waals surface area contributed by atoms with E-state index < -0.39 is 15.9 Å². The zero-order valence-electron chi connectivity index (χ0n) is 15.8. The Bertz CT molecular complexity index is 1190. The van der Waals surface area contributed by atoms with Crippen molar-refractivity contribution in [3.8, 4) is 0 Å². The van der Waals surface area contributed by atoms with Crippen LogP contribution in [0.4, 0.5) is 11.6 Å². The molecule has 30 heavy (non-hydrogen) atoms. The molecule has 9 nitrogen and oxygen atoms in total. The van der Waals surface area contributed by atoms with Gasteiger partial charge < -0.3 is 9.73 Å². The highest BCUT2D eigenvalue weighted by Gasteiger charge is 2.17. The topological polar surface area (TPSA) is 126 Å². The molecule has 2 aromatic heterocycles. The minimum Gasteiger partial charge on any atom is -0.444 e. The Labute approximate surface area is 186 Å². The summed E-state index contributed by atoms with van der Waals surface area (Å²) in [6.45, 7) is 3.50. The van der Waals surface area contributed by atoms with Gasteiger partial charge in [0.15, 0.2) is 15.5 Å². The minimum absolute atomic E-state index is 0.00292. The molecule has 1 amide bonds. The molecule has 2 heterocycles. The normalized spacial score (nSPS) is 11.0. The maximum Gasteiger partial charge on any atom is 0.293 e. The van der Waals surface area contributed by atoms with Crippen LogP contribution in [0.2, 0.25) is 0 Å². The molecule has 3 aromatic rings. The molecular weight excluding hydrogens is 494 g/mol. The highest BCUT2D eigenvalue weighted by Crippen LogP contribution is 2.17. The van der Waals surface area contributed by atoms with Crippen molar-refractivity contribution in [3.63, 3.8) is 0 Å². The average Bonchev–Trinajstić information content (AvgIpc) is 3.07. The monoisotopic (exact) mass is 509 g/mol. The molecule has 0 aliphatic heterocycles. The van der Waals surface area contributed by atoms with E-state index in [-0.39, 0.29) is 21.7 Å². The fourth-order valence-electron chi connectivity index (χ4n) is 2.43. The van der Waals surface area contributed by atoms with Crippen LogP contribution >= 0.6 is 28.1 Å². The molecule has 156 valence electrons. The quantitative estimate of drug-likeness (QED) is 0.446. The lowest BCUT2D eigenvalue weighted by molar-refractivity contribution is 0.0949. The van der Waals surface area contributed by atoms with E-state index in [2.05, 4.69) is 41.3 Å². The number of sulfonamides is 1. The van der Waals surface area contributed by atoms with E-state index in [1.165, 1.54) is 30.3 Å². The number of halogens is 1. The third-order valence-corrected chi connectivity index (χ3v) is 5.63. The van der Waals surface area contributed by atoms with Crippen molar-refractivity contribution in [2.75, 3.05) is 10.0 Å². The van der Waals surface area contributed by atoms with Crippen LogP contribution in [-0.2, 0) is 10.0 Å². The number of aryl methyl sites for hydroxylation is 2. The fourth-order valence-corrected chi connectivity index (χ4v) is 3.89. The van der Waals surface area contributed by atoms with Crippen LogP contribution in [0, 0.1) is 13.8 Å². The van der Waals surface area contributed by atoms with Gasteiger partial charge in [0.25, 0.3) is 15.9 Å². The summed E-state index contributed by atoms with van der Waals surface area (Å²) in [6, 6.07) is 10.6. The Balaban J connectivity index is 1.65. The number of aromatic nitrogens is 2. The summed E-state index contributed by atoms with van der Waals surface area (Å²) in [7, 11) is -3.87. The Hall–Kier alpha value is -2.83. The predicted octanol–water partition coefficient (Wildman–Crippen LogP) is 3.38. The number of anilines is 2. The van der Waals surface area contributed by atoms with Gasteiger partial charge in [-0.15, -0.1) is 0 Å². The van der Waals surface area contributed by atoms with Gasteiger partial charge in [-0.3, -0.25) is 10.1 Å². The van der Waals surface area contributed by atoms with Crippen molar-refractivity contribution >= 4 is 60.8 Å². The predicted molar refractivity (Wildman–Crippen MR) is 119 cm³/mol. The molecule has 0 fully saturated rings. The maximum absolute atomic E-state index is 12.6. The van der Waals surface area contributed by atoms with E-state index in [9.17, 15) is 13.2 Å². The van der Waals surface area contributed by atoms with Gasteiger partial charge in [-0.05, 0) is 84.5 Å². The first-order valence-electron chi connectivity index (χ1n) is 8.45. The molecular formula is C18H16BrN5O4S2. The van der Waals surface area contributed by atoms with Crippen LogP contribution in [0.5, 0.6) is 0 Å². The largest absolute Gasteiger partial charge is 0.444 e. The summed E-state index contributed by atoms with van der Waals surface area (Å²) < 4.78 is 33.0. The first kappa shape index (κ1) is 21.9. The van der Waals surface area contributed by atoms with Crippen LogP contribution < -0.4 is 15.4 Å². The van der Waals surface area contributed by atoms with E-state index in [1.807, 2.05) is 0 Å². The van der Waals surface area contributed by atoms with Crippen molar-refractivity contribution < 1.29 is 17.6 Å². The van der Waals surface area contributed by atoms with Gasteiger partial charge in [-0.25, -0.2) is 23.1 Å². The second-order valence-corrected chi connectivity index (χ2v) is 8.99. The van der Waals surface area contributed by atoms with Crippen LogP contribution in [0.25, 0.3) is 0 Å². The SMILES string of the molecule is Cc1cc(C)nc(NS(=O)(=O)c2ccc(NC(=S)NC(=O)c3ccc(Br)o3)cc2)n1. The van der Waals surface area contributed by atoms with E-state index in [1.54, 1.807) is 26.0 Å². The summed E-state index contributed by atoms with van der Waals surface area (Å²) in [5.74, 6) is -0.426. The number of amides is 1. The van der Waals surface area contributed by atoms with Crippen molar-refractivity contribution in [1.82, 2.24) is 15.3 Å². The van der Waals surface area contributed by atoms with Gasteiger partial charge in [0.1, 0.15) is 0 Å². The van der Waals surface area contributed by atoms with Crippen LogP contribution in [0.1, 0.15) is 21.9 Å². The lowest BCUT2D eigenvalue weighted by atomic mass is 10.3. The third-order valence-electron chi connectivity index (χ3n) is 3.65. The lowest BCUT2D eigenvalue weighted by Gasteiger charge is -2.10. The van der Waals surface area contributed by atoms with Crippen molar-refractivity contribution in [1.29, 1.82) is 0 Å². The Morgan fingerprint density at radius 1 is 1.07 bits per heavy atom. The number of hydrogen-bond acceptors (Lipinski definition) is 7. The number of carbonyl (C=O) groups excluding carboxylic acids is 1. The Morgan fingerprint density at radius 3 is 2.27 bits per heavy atom. The van der Waals surface area contributed by atoms with Gasteiger partial charge in [0.05, 0.1) is 4.90 Å². The molecule has 0 aliphatic carbocycles. The highest BCUT2D eigenvalue weighted by atomic mass is 79.9. The molecule has 1 aromatic carbocycles. The number of rotatable bonds is 5. The number of benzene rings is 1. The lowest BCUT2D eigenvalue weighted by Crippen LogP contribution is -2.33. The molecule has 0 saturated carbocycles. The molecule has 0 aliphatic rings. The fraction of sp³-hybridized carbons (Fsp3) is 0.111. The summed E-state index contributed by atoms with van der Waals surface area (Å²) >= 11 is 8.21. The molecule has 0 atom stereocenters. The summed E-state index contributed by atoms with van der Waals surface area (Å²) in [5.41, 5.74) is 1.79. The van der Waals surface area contributed by atoms with Crippen LogP contribution in [0.3, 0.4) is 0 Å². The molecule has 0 spiro atoms. The number of hydrogen-bond donors (Lipinski definition) is 3. The summed E-state index contributed by atoms with van der Waals surface area (Å²) in [5, 5.41) is 5.30. The Kier molecular flexibility index (Phi) is 6.48. The molecule has 3 N–H and O–H groups in total. The second-order valence-electron chi connectivity index (χ2n) is 6.12. The first-order chi connectivity index (χ1) is 14.1. The number of nitrogens with zero attached hydrogens (tertiary/aromatic N) is 2. The van der Waals surface area contributed by atoms with Gasteiger partial charge in [-0.1, -0.05) is 0 Å². The number of furan rings is 1. The Morgan fingerprint density at radius 2 is 1.70 bits per heavy atom. The van der Waals surface area contributed by atoms with Crippen molar-refractivity contribution in [3.05, 3.63) is 64.3 Å². The highest BCUT2D eigenvalue weighted by molar-refractivity contribution is 9.10. The van der Waals surface area contributed by atoms with Crippen LogP contribution in [0.15, 0.2) is 56.4 Å². The second kappa shape index (κ2) is 8.90. The van der Waals surface area contributed by atoms with Gasteiger partial charge >= 0.3 is 0 Å². The van der Waals surface area contributed by atoms with Gasteiger partial charge in [-0.2, -0.15) is 0 Å². The smallest absolute Gasteiger partial charge is 0.293 e. The molecule has 0 unspecified atom stereocenters. The zero-order chi connectivity index (χ0) is 21.9. The molecule has 0 radical (unpaired) electrons. The average molecular weight is 510 g/mol. The zero-order valence-corrected chi connectivity index (χ0v) is 19.0. The first-order valence-corrected chi connectivity index (χ1v) is 11.1. The molecule has 3 rings (SSSR count). The minimum atomic E-state index is -3.87. The molecule has 0 bridgehead atoms. The van der Waals surface area contributed by atoms with E-state index in [0.29, 0.717) is 21.7 Å². The summed E-state index contributed by atoms with van der Waals surface area (Å²) in [4.78, 5) is 20.2. The standard InChI is InChI=1S/C18H16BrN5O4S2/c1-10-9-11(2)21-17(20-10)24-30(26,27)13-5-3-12(4-6-13)22-18(29)23-16(25)14-7-8-15(19)28-14/h3-9H,1-2H3,(H,20,21,24)(H2,22,23,25,29). The van der Waals surface area contributed by atoms with E-state index >= 15 is 0 Å². The summed E-state index contributed by atoms with van der Waals surface area (Å²) in [6.07, 6.45) is 0.